The van der Waals surface area contributed by atoms with Gasteiger partial charge in [-0.15, -0.1) is 0 Å². The third-order valence-corrected chi connectivity index (χ3v) is 7.31. The SMILES string of the molecule is CS(=O)(=O)c1ccc(O[C@@H]2c3cc(Cl)cc(Cl)c3C[C@H]2N2CCCNCC2)cc1. The van der Waals surface area contributed by atoms with Gasteiger partial charge in [0.1, 0.15) is 11.9 Å². The van der Waals surface area contributed by atoms with Crippen molar-refractivity contribution in [1.29, 1.82) is 0 Å². The molecule has 156 valence electrons. The highest BCUT2D eigenvalue weighted by Gasteiger charge is 2.39. The molecule has 0 spiro atoms. The second kappa shape index (κ2) is 8.44. The van der Waals surface area contributed by atoms with Gasteiger partial charge in [0.15, 0.2) is 9.84 Å². The normalized spacial score (nSPS) is 22.9. The standard InChI is InChI=1S/C21H24Cl2N2O3S/c1-29(26,27)16-5-3-15(4-6-16)28-21-18-11-14(22)12-19(23)17(18)13-20(21)25-9-2-7-24-8-10-25/h3-6,11-12,20-21,24H,2,7-10,13H2,1H3/t20-,21-/m1/s1. The maximum Gasteiger partial charge on any atom is 0.175 e. The molecule has 0 amide bonds. The number of sulfone groups is 1. The van der Waals surface area contributed by atoms with Crippen molar-refractivity contribution >= 4 is 33.0 Å². The fourth-order valence-electron chi connectivity index (χ4n) is 4.19. The first-order valence-corrected chi connectivity index (χ1v) is 12.4. The van der Waals surface area contributed by atoms with E-state index in [-0.39, 0.29) is 17.0 Å². The lowest BCUT2D eigenvalue weighted by molar-refractivity contribution is 0.0821. The summed E-state index contributed by atoms with van der Waals surface area (Å²) in [7, 11) is -3.24. The molecule has 29 heavy (non-hydrogen) atoms. The molecule has 1 aliphatic carbocycles. The van der Waals surface area contributed by atoms with E-state index in [1.54, 1.807) is 30.3 Å². The van der Waals surface area contributed by atoms with E-state index in [1.807, 2.05) is 6.07 Å². The summed E-state index contributed by atoms with van der Waals surface area (Å²) in [6, 6.07) is 10.5. The van der Waals surface area contributed by atoms with Crippen molar-refractivity contribution in [2.75, 3.05) is 32.4 Å². The molecule has 1 heterocycles. The van der Waals surface area contributed by atoms with Crippen LogP contribution in [0.15, 0.2) is 41.3 Å². The molecule has 0 saturated carbocycles. The molecule has 0 unspecified atom stereocenters. The van der Waals surface area contributed by atoms with Gasteiger partial charge in [0.05, 0.1) is 10.9 Å². The first kappa shape index (κ1) is 20.9. The quantitative estimate of drug-likeness (QED) is 0.762. The molecule has 1 aliphatic heterocycles. The Kier molecular flexibility index (Phi) is 6.09. The first-order valence-electron chi connectivity index (χ1n) is 9.72. The van der Waals surface area contributed by atoms with Crippen molar-refractivity contribution in [2.45, 2.75) is 29.9 Å². The number of nitrogens with zero attached hydrogens (tertiary/aromatic N) is 1. The Morgan fingerprint density at radius 1 is 1.10 bits per heavy atom. The van der Waals surface area contributed by atoms with Crippen molar-refractivity contribution in [3.05, 3.63) is 57.6 Å². The Hall–Kier alpha value is -1.31. The Balaban J connectivity index is 1.67. The number of nitrogens with one attached hydrogen (secondary N) is 1. The zero-order valence-corrected chi connectivity index (χ0v) is 18.5. The zero-order valence-electron chi connectivity index (χ0n) is 16.2. The molecule has 2 aromatic rings. The van der Waals surface area contributed by atoms with Crippen molar-refractivity contribution in [2.24, 2.45) is 0 Å². The fraction of sp³-hybridized carbons (Fsp3) is 0.429. The molecule has 2 atom stereocenters. The summed E-state index contributed by atoms with van der Waals surface area (Å²) in [6.07, 6.45) is 2.86. The Morgan fingerprint density at radius 3 is 2.59 bits per heavy atom. The summed E-state index contributed by atoms with van der Waals surface area (Å²) in [4.78, 5) is 2.73. The maximum atomic E-state index is 11.7. The molecule has 4 rings (SSSR count). The maximum absolute atomic E-state index is 11.7. The number of rotatable bonds is 4. The number of ether oxygens (including phenoxy) is 1. The van der Waals surface area contributed by atoms with Crippen molar-refractivity contribution in [3.63, 3.8) is 0 Å². The molecular weight excluding hydrogens is 431 g/mol. The molecule has 1 fully saturated rings. The molecular formula is C21H24Cl2N2O3S. The van der Waals surface area contributed by atoms with Crippen LogP contribution in [0.5, 0.6) is 5.75 Å². The van der Waals surface area contributed by atoms with E-state index >= 15 is 0 Å². The number of benzene rings is 2. The van der Waals surface area contributed by atoms with Crippen molar-refractivity contribution < 1.29 is 13.2 Å². The van der Waals surface area contributed by atoms with Gasteiger partial charge in [0.25, 0.3) is 0 Å². The van der Waals surface area contributed by atoms with E-state index < -0.39 is 9.84 Å². The summed E-state index contributed by atoms with van der Waals surface area (Å²) in [5.41, 5.74) is 2.09. The van der Waals surface area contributed by atoms with Gasteiger partial charge in [-0.05, 0) is 67.9 Å². The van der Waals surface area contributed by atoms with Gasteiger partial charge in [0, 0.05) is 35.0 Å². The number of hydrogen-bond donors (Lipinski definition) is 1. The minimum absolute atomic E-state index is 0.149. The molecule has 2 aliphatic rings. The van der Waals surface area contributed by atoms with Crippen LogP contribution in [0.1, 0.15) is 23.7 Å². The van der Waals surface area contributed by atoms with Crippen LogP contribution in [0, 0.1) is 0 Å². The zero-order chi connectivity index (χ0) is 20.6. The average Bonchev–Trinajstić information content (AvgIpc) is 2.84. The van der Waals surface area contributed by atoms with E-state index in [0.717, 1.165) is 50.1 Å². The van der Waals surface area contributed by atoms with E-state index in [1.165, 1.54) is 6.26 Å². The van der Waals surface area contributed by atoms with Crippen LogP contribution in [-0.4, -0.2) is 51.8 Å². The van der Waals surface area contributed by atoms with Gasteiger partial charge in [-0.25, -0.2) is 8.42 Å². The van der Waals surface area contributed by atoms with E-state index in [0.29, 0.717) is 15.8 Å². The van der Waals surface area contributed by atoms with Crippen LogP contribution < -0.4 is 10.1 Å². The van der Waals surface area contributed by atoms with Crippen LogP contribution in [0.3, 0.4) is 0 Å². The summed E-state index contributed by atoms with van der Waals surface area (Å²) >= 11 is 12.8. The molecule has 0 radical (unpaired) electrons. The minimum Gasteiger partial charge on any atom is -0.484 e. The molecule has 1 saturated heterocycles. The molecule has 2 aromatic carbocycles. The van der Waals surface area contributed by atoms with Crippen molar-refractivity contribution in [3.8, 4) is 5.75 Å². The first-order chi connectivity index (χ1) is 13.8. The highest BCUT2D eigenvalue weighted by molar-refractivity contribution is 7.90. The highest BCUT2D eigenvalue weighted by Crippen LogP contribution is 2.42. The third kappa shape index (κ3) is 4.57. The van der Waals surface area contributed by atoms with Crippen LogP contribution >= 0.6 is 23.2 Å². The lowest BCUT2D eigenvalue weighted by Gasteiger charge is -2.32. The van der Waals surface area contributed by atoms with Gasteiger partial charge in [-0.1, -0.05) is 23.2 Å². The van der Waals surface area contributed by atoms with Crippen molar-refractivity contribution in [1.82, 2.24) is 10.2 Å². The average molecular weight is 455 g/mol. The smallest absolute Gasteiger partial charge is 0.175 e. The Labute approximate surface area is 181 Å². The predicted octanol–water partition coefficient (Wildman–Crippen LogP) is 3.74. The predicted molar refractivity (Wildman–Crippen MR) is 116 cm³/mol. The second-order valence-corrected chi connectivity index (χ2v) is 10.5. The van der Waals surface area contributed by atoms with Gasteiger partial charge in [0.2, 0.25) is 0 Å². The van der Waals surface area contributed by atoms with E-state index in [4.69, 9.17) is 27.9 Å². The molecule has 5 nitrogen and oxygen atoms in total. The van der Waals surface area contributed by atoms with Gasteiger partial charge >= 0.3 is 0 Å². The van der Waals surface area contributed by atoms with Crippen LogP contribution in [0.2, 0.25) is 10.0 Å². The number of hydrogen-bond acceptors (Lipinski definition) is 5. The summed E-state index contributed by atoms with van der Waals surface area (Å²) in [6.45, 7) is 3.89. The number of fused-ring (bicyclic) bond motifs is 1. The minimum atomic E-state index is -3.24. The van der Waals surface area contributed by atoms with Crippen LogP contribution in [0.25, 0.3) is 0 Å². The highest BCUT2D eigenvalue weighted by atomic mass is 35.5. The summed E-state index contributed by atoms with van der Waals surface area (Å²) in [5, 5.41) is 4.70. The molecule has 0 aromatic heterocycles. The number of halogens is 2. The van der Waals surface area contributed by atoms with Crippen LogP contribution in [0.4, 0.5) is 0 Å². The van der Waals surface area contributed by atoms with Gasteiger partial charge < -0.3 is 10.1 Å². The largest absolute Gasteiger partial charge is 0.484 e. The third-order valence-electron chi connectivity index (χ3n) is 5.62. The summed E-state index contributed by atoms with van der Waals surface area (Å²) in [5.74, 6) is 0.629. The fourth-order valence-corrected chi connectivity index (χ4v) is 5.41. The topological polar surface area (TPSA) is 58.6 Å². The second-order valence-electron chi connectivity index (χ2n) is 7.65. The Bertz CT molecular complexity index is 988. The lowest BCUT2D eigenvalue weighted by atomic mass is 10.1. The monoisotopic (exact) mass is 454 g/mol. The van der Waals surface area contributed by atoms with Gasteiger partial charge in [-0.2, -0.15) is 0 Å². The van der Waals surface area contributed by atoms with E-state index in [2.05, 4.69) is 10.2 Å². The molecule has 0 bridgehead atoms. The van der Waals surface area contributed by atoms with Gasteiger partial charge in [-0.3, -0.25) is 4.90 Å². The molecule has 8 heteroatoms. The Morgan fingerprint density at radius 2 is 1.86 bits per heavy atom. The molecule has 1 N–H and O–H groups in total. The summed E-state index contributed by atoms with van der Waals surface area (Å²) < 4.78 is 29.9. The van der Waals surface area contributed by atoms with E-state index in [9.17, 15) is 8.42 Å². The van der Waals surface area contributed by atoms with Crippen LogP contribution in [-0.2, 0) is 16.3 Å². The lowest BCUT2D eigenvalue weighted by Crippen LogP contribution is -2.42.